The molecule has 0 radical (unpaired) electrons. The zero-order valence-electron chi connectivity index (χ0n) is 14.8. The Morgan fingerprint density at radius 3 is 2.85 bits per heavy atom. The molecule has 140 valence electrons. The fourth-order valence-corrected chi connectivity index (χ4v) is 2.27. The van der Waals surface area contributed by atoms with Crippen LogP contribution >= 0.6 is 0 Å². The van der Waals surface area contributed by atoms with E-state index in [1.807, 2.05) is 0 Å². The lowest BCUT2D eigenvalue weighted by molar-refractivity contribution is -0.384. The molecule has 0 atom stereocenters. The van der Waals surface area contributed by atoms with E-state index in [9.17, 15) is 19.7 Å². The lowest BCUT2D eigenvalue weighted by Crippen LogP contribution is -2.34. The van der Waals surface area contributed by atoms with Gasteiger partial charge < -0.3 is 10.1 Å². The molecule has 0 spiro atoms. The molecule has 1 heterocycles. The summed E-state index contributed by atoms with van der Waals surface area (Å²) in [5.74, 6) is 0.207. The van der Waals surface area contributed by atoms with Crippen molar-refractivity contribution in [2.24, 2.45) is 5.92 Å². The van der Waals surface area contributed by atoms with Crippen LogP contribution in [0.5, 0.6) is 0 Å². The minimum atomic E-state index is -0.581. The van der Waals surface area contributed by atoms with Crippen LogP contribution < -0.4 is 10.9 Å². The van der Waals surface area contributed by atoms with Crippen LogP contribution in [-0.2, 0) is 16.1 Å². The monoisotopic (exact) mass is 362 g/mol. The van der Waals surface area contributed by atoms with Crippen LogP contribution in [0.3, 0.4) is 0 Å². The van der Waals surface area contributed by atoms with E-state index in [2.05, 4.69) is 24.1 Å². The molecule has 0 aliphatic rings. The predicted molar refractivity (Wildman–Crippen MR) is 95.9 cm³/mol. The summed E-state index contributed by atoms with van der Waals surface area (Å²) in [5, 5.41) is 13.6. The predicted octanol–water partition coefficient (Wildman–Crippen LogP) is 1.48. The Morgan fingerprint density at radius 2 is 2.15 bits per heavy atom. The number of carbonyl (C=O) groups is 1. The van der Waals surface area contributed by atoms with E-state index in [4.69, 9.17) is 4.74 Å². The molecule has 0 aliphatic heterocycles. The van der Waals surface area contributed by atoms with E-state index in [0.717, 1.165) is 11.0 Å². The molecule has 0 unspecified atom stereocenters. The molecule has 2 rings (SSSR count). The van der Waals surface area contributed by atoms with Crippen molar-refractivity contribution in [2.45, 2.75) is 26.8 Å². The SMILES string of the molecule is CC(C)CCOCCNC(=O)Cn1cnc2ccc([N+](=O)[O-])cc2c1=O. The smallest absolute Gasteiger partial charge is 0.270 e. The van der Waals surface area contributed by atoms with E-state index in [0.29, 0.717) is 31.2 Å². The highest BCUT2D eigenvalue weighted by atomic mass is 16.6. The highest BCUT2D eigenvalue weighted by Crippen LogP contribution is 2.16. The molecule has 0 bridgehead atoms. The van der Waals surface area contributed by atoms with Crippen molar-refractivity contribution in [3.05, 3.63) is 45.0 Å². The van der Waals surface area contributed by atoms with Gasteiger partial charge in [0, 0.05) is 25.3 Å². The third-order valence-electron chi connectivity index (χ3n) is 3.74. The van der Waals surface area contributed by atoms with Crippen molar-refractivity contribution in [3.63, 3.8) is 0 Å². The van der Waals surface area contributed by atoms with Gasteiger partial charge in [0.25, 0.3) is 11.2 Å². The van der Waals surface area contributed by atoms with Gasteiger partial charge in [-0.2, -0.15) is 0 Å². The summed E-state index contributed by atoms with van der Waals surface area (Å²) in [7, 11) is 0. The minimum Gasteiger partial charge on any atom is -0.380 e. The summed E-state index contributed by atoms with van der Waals surface area (Å²) in [4.78, 5) is 38.7. The van der Waals surface area contributed by atoms with Gasteiger partial charge in [-0.1, -0.05) is 13.8 Å². The Labute approximate surface area is 150 Å². The third-order valence-corrected chi connectivity index (χ3v) is 3.74. The summed E-state index contributed by atoms with van der Waals surface area (Å²) < 4.78 is 6.53. The molecule has 26 heavy (non-hydrogen) atoms. The number of non-ortho nitro benzene ring substituents is 1. The molecule has 9 nitrogen and oxygen atoms in total. The molecule has 0 aliphatic carbocycles. The first-order valence-corrected chi connectivity index (χ1v) is 8.36. The van der Waals surface area contributed by atoms with Gasteiger partial charge >= 0.3 is 0 Å². The molecule has 0 saturated carbocycles. The summed E-state index contributed by atoms with van der Waals surface area (Å²) >= 11 is 0. The number of benzene rings is 1. The Kier molecular flexibility index (Phi) is 6.79. The number of nitro groups is 1. The van der Waals surface area contributed by atoms with Crippen LogP contribution in [0.4, 0.5) is 5.69 Å². The number of nitrogens with one attached hydrogen (secondary N) is 1. The third kappa shape index (κ3) is 5.35. The lowest BCUT2D eigenvalue weighted by Gasteiger charge is -2.09. The van der Waals surface area contributed by atoms with Crippen molar-refractivity contribution >= 4 is 22.5 Å². The number of rotatable bonds is 9. The molecule has 1 amide bonds. The molecule has 9 heteroatoms. The first kappa shape index (κ1) is 19.5. The van der Waals surface area contributed by atoms with Crippen LogP contribution in [0.15, 0.2) is 29.3 Å². The van der Waals surface area contributed by atoms with Crippen LogP contribution in [0.25, 0.3) is 10.9 Å². The minimum absolute atomic E-state index is 0.103. The first-order chi connectivity index (χ1) is 12.4. The Morgan fingerprint density at radius 1 is 1.38 bits per heavy atom. The molecule has 0 fully saturated rings. The molecule has 2 aromatic rings. The fourth-order valence-electron chi connectivity index (χ4n) is 2.27. The maximum atomic E-state index is 12.4. The molecule has 1 aromatic carbocycles. The zero-order valence-corrected chi connectivity index (χ0v) is 14.8. The van der Waals surface area contributed by atoms with Gasteiger partial charge in [0.15, 0.2) is 0 Å². The maximum absolute atomic E-state index is 12.4. The highest BCUT2D eigenvalue weighted by Gasteiger charge is 2.12. The number of ether oxygens (including phenoxy) is 1. The second-order valence-electron chi connectivity index (χ2n) is 6.28. The Balaban J connectivity index is 1.95. The normalized spacial score (nSPS) is 11.0. The van der Waals surface area contributed by atoms with Crippen molar-refractivity contribution in [1.29, 1.82) is 0 Å². The van der Waals surface area contributed by atoms with Gasteiger partial charge in [-0.05, 0) is 18.4 Å². The number of hydrogen-bond donors (Lipinski definition) is 1. The van der Waals surface area contributed by atoms with Gasteiger partial charge in [-0.15, -0.1) is 0 Å². The van der Waals surface area contributed by atoms with E-state index < -0.39 is 10.5 Å². The Hall–Kier alpha value is -2.81. The number of hydrogen-bond acceptors (Lipinski definition) is 6. The van der Waals surface area contributed by atoms with Crippen LogP contribution in [0.2, 0.25) is 0 Å². The van der Waals surface area contributed by atoms with Crippen LogP contribution in [-0.4, -0.2) is 40.1 Å². The summed E-state index contributed by atoms with van der Waals surface area (Å²) in [6, 6.07) is 3.86. The second kappa shape index (κ2) is 9.04. The lowest BCUT2D eigenvalue weighted by atomic mass is 10.1. The van der Waals surface area contributed by atoms with Crippen molar-refractivity contribution in [1.82, 2.24) is 14.9 Å². The largest absolute Gasteiger partial charge is 0.380 e. The molecule has 1 aromatic heterocycles. The number of amides is 1. The summed E-state index contributed by atoms with van der Waals surface area (Å²) in [6.07, 6.45) is 2.22. The Bertz CT molecular complexity index is 847. The van der Waals surface area contributed by atoms with E-state index in [1.54, 1.807) is 0 Å². The van der Waals surface area contributed by atoms with Crippen molar-refractivity contribution in [2.75, 3.05) is 19.8 Å². The average molecular weight is 362 g/mol. The van der Waals surface area contributed by atoms with Crippen LogP contribution in [0.1, 0.15) is 20.3 Å². The number of aromatic nitrogens is 2. The fraction of sp³-hybridized carbons (Fsp3) is 0.471. The van der Waals surface area contributed by atoms with Crippen LogP contribution in [0, 0.1) is 16.0 Å². The van der Waals surface area contributed by atoms with Gasteiger partial charge in [0.05, 0.1) is 28.8 Å². The topological polar surface area (TPSA) is 116 Å². The number of carbonyl (C=O) groups excluding carboxylic acids is 1. The van der Waals surface area contributed by atoms with E-state index in [1.165, 1.54) is 24.5 Å². The molecule has 1 N–H and O–H groups in total. The van der Waals surface area contributed by atoms with E-state index >= 15 is 0 Å². The molecular weight excluding hydrogens is 340 g/mol. The standard InChI is InChI=1S/C17H22N4O5/c1-12(2)5-7-26-8-6-18-16(22)10-20-11-19-15-4-3-13(21(24)25)9-14(15)17(20)23/h3-4,9,11-12H,5-8,10H2,1-2H3,(H,18,22). The zero-order chi connectivity index (χ0) is 19.1. The maximum Gasteiger partial charge on any atom is 0.270 e. The van der Waals surface area contributed by atoms with E-state index in [-0.39, 0.29) is 23.5 Å². The molecule has 0 saturated heterocycles. The quantitative estimate of drug-likeness (QED) is 0.410. The summed E-state index contributed by atoms with van der Waals surface area (Å²) in [5.41, 5.74) is -0.352. The number of fused-ring (bicyclic) bond motifs is 1. The van der Waals surface area contributed by atoms with Gasteiger partial charge in [0.1, 0.15) is 6.54 Å². The first-order valence-electron chi connectivity index (χ1n) is 8.36. The average Bonchev–Trinajstić information content (AvgIpc) is 2.60. The summed E-state index contributed by atoms with van der Waals surface area (Å²) in [6.45, 7) is 5.38. The number of nitro benzene ring substituents is 1. The molecular formula is C17H22N4O5. The van der Waals surface area contributed by atoms with Gasteiger partial charge in [-0.25, -0.2) is 4.98 Å². The second-order valence-corrected chi connectivity index (χ2v) is 6.28. The van der Waals surface area contributed by atoms with Crippen molar-refractivity contribution in [3.8, 4) is 0 Å². The number of nitrogens with zero attached hydrogens (tertiary/aromatic N) is 3. The van der Waals surface area contributed by atoms with Gasteiger partial charge in [-0.3, -0.25) is 24.3 Å². The van der Waals surface area contributed by atoms with Crippen molar-refractivity contribution < 1.29 is 14.5 Å². The highest BCUT2D eigenvalue weighted by molar-refractivity contribution is 5.80. The van der Waals surface area contributed by atoms with Gasteiger partial charge in [0.2, 0.25) is 5.91 Å².